The van der Waals surface area contributed by atoms with Gasteiger partial charge in [-0.1, -0.05) is 24.3 Å². The van der Waals surface area contributed by atoms with Crippen molar-refractivity contribution in [3.63, 3.8) is 0 Å². The number of benzene rings is 2. The Bertz CT molecular complexity index is 1340. The van der Waals surface area contributed by atoms with Crippen LogP contribution in [-0.2, 0) is 14.4 Å². The van der Waals surface area contributed by atoms with Gasteiger partial charge < -0.3 is 39.3 Å². The number of aliphatic carboxylic acids is 2. The van der Waals surface area contributed by atoms with Crippen LogP contribution in [0.1, 0.15) is 54.8 Å². The van der Waals surface area contributed by atoms with Gasteiger partial charge in [0.2, 0.25) is 5.91 Å². The minimum Gasteiger partial charge on any atom is -1.00 e. The van der Waals surface area contributed by atoms with Crippen molar-refractivity contribution in [1.29, 1.82) is 5.41 Å². The first-order valence-corrected chi connectivity index (χ1v) is 12.8. The third kappa shape index (κ3) is 11.3. The van der Waals surface area contributed by atoms with Gasteiger partial charge in [-0.15, -0.1) is 0 Å². The smallest absolute Gasteiger partial charge is 1.00 e. The van der Waals surface area contributed by atoms with Crippen molar-refractivity contribution in [2.45, 2.75) is 31.7 Å². The number of nitrogen functional groups attached to an aromatic ring is 1. The molecule has 8 N–H and O–H groups in total. The molecular weight excluding hydrogens is 582 g/mol. The van der Waals surface area contributed by atoms with Crippen molar-refractivity contribution < 1.29 is 106 Å². The van der Waals surface area contributed by atoms with Crippen molar-refractivity contribution in [3.05, 3.63) is 59.2 Å². The predicted molar refractivity (Wildman–Crippen MR) is 147 cm³/mol. The number of carbonyl (C=O) groups excluding carboxylic acids is 3. The number of hydrogen-bond donors (Lipinski definition) is 6. The van der Waals surface area contributed by atoms with Crippen LogP contribution in [0, 0.1) is 17.2 Å². The predicted octanol–water partition coefficient (Wildman–Crippen LogP) is -4.55. The first-order valence-electron chi connectivity index (χ1n) is 12.8. The molecule has 43 heavy (non-hydrogen) atoms. The van der Waals surface area contributed by atoms with Crippen molar-refractivity contribution in [3.8, 4) is 11.5 Å². The molecule has 1 amide bonds. The third-order valence-corrected chi connectivity index (χ3v) is 6.82. The summed E-state index contributed by atoms with van der Waals surface area (Å²) in [5.74, 6) is -4.24. The Kier molecular flexibility index (Phi) is 16.1. The Morgan fingerprint density at radius 1 is 0.860 bits per heavy atom. The maximum atomic E-state index is 12.8. The van der Waals surface area contributed by atoms with Gasteiger partial charge in [0.05, 0.1) is 12.6 Å². The number of carboxylic acids is 2. The number of ketones is 2. The minimum atomic E-state index is -1.28. The number of nitrogens with two attached hydrogens (primary N) is 2. The van der Waals surface area contributed by atoms with Crippen LogP contribution in [0.5, 0.6) is 11.5 Å². The van der Waals surface area contributed by atoms with Crippen molar-refractivity contribution >= 4 is 35.2 Å². The first-order chi connectivity index (χ1) is 19.5. The number of carboxylic acid groups (broad SMARTS) is 2. The molecular formula is C28H34N4Na2O9. The fraction of sp³-hybridized carbons (Fsp3) is 0.357. The molecule has 1 atom stereocenters. The van der Waals surface area contributed by atoms with Gasteiger partial charge in [-0.3, -0.25) is 19.8 Å². The van der Waals surface area contributed by atoms with Crippen LogP contribution in [0.15, 0.2) is 42.5 Å². The molecule has 1 aliphatic rings. The average molecular weight is 617 g/mol. The Labute approximate surface area is 295 Å². The number of Topliss-reactive ketones (excluding diaryl/α,β-unsaturated/α-hetero) is 2. The average Bonchev–Trinajstić information content (AvgIpc) is 2.96. The standard InChI is InChI=1S/C28H32N4O9.2Na.2H/c29-25(26(38)16-3-5-17(6-4-16)27(30)31)15-1-7-18(8-2-15)28(39)32-12-20(33)19-9-10-21(40-13-23(34)35)22(11-19)41-14-24(36)37;;;;/h3-6,9-11,15,18,25H,1-2,7-8,12-14,29H2,(H3,30,31)(H,32,39)(H,34,35)(H,36,37);;;;/q;2*+1;2*-1. The van der Waals surface area contributed by atoms with Gasteiger partial charge in [0, 0.05) is 22.6 Å². The molecule has 0 aromatic heterocycles. The van der Waals surface area contributed by atoms with E-state index in [2.05, 4.69) is 5.32 Å². The summed E-state index contributed by atoms with van der Waals surface area (Å²) in [5.41, 5.74) is 12.8. The van der Waals surface area contributed by atoms with E-state index >= 15 is 0 Å². The molecule has 1 fully saturated rings. The summed E-state index contributed by atoms with van der Waals surface area (Å²) in [6.07, 6.45) is 2.12. The van der Waals surface area contributed by atoms with E-state index in [1.165, 1.54) is 18.2 Å². The Morgan fingerprint density at radius 3 is 1.91 bits per heavy atom. The number of amides is 1. The molecule has 0 aliphatic heterocycles. The number of nitrogens with one attached hydrogen (secondary N) is 2. The van der Waals surface area contributed by atoms with E-state index in [1.807, 2.05) is 0 Å². The number of hydrogen-bond acceptors (Lipinski definition) is 9. The second-order valence-corrected chi connectivity index (χ2v) is 9.66. The van der Waals surface area contributed by atoms with Gasteiger partial charge in [-0.05, 0) is 49.8 Å². The second-order valence-electron chi connectivity index (χ2n) is 9.66. The van der Waals surface area contributed by atoms with Crippen molar-refractivity contribution in [1.82, 2.24) is 5.32 Å². The molecule has 0 bridgehead atoms. The van der Waals surface area contributed by atoms with E-state index in [4.69, 9.17) is 36.6 Å². The molecule has 0 spiro atoms. The summed E-state index contributed by atoms with van der Waals surface area (Å²) in [5, 5.41) is 27.8. The number of amidine groups is 1. The van der Waals surface area contributed by atoms with E-state index in [0.29, 0.717) is 36.8 Å². The van der Waals surface area contributed by atoms with Gasteiger partial charge in [0.15, 0.2) is 36.3 Å². The Balaban J connectivity index is 0. The van der Waals surface area contributed by atoms with Gasteiger partial charge in [0.25, 0.3) is 0 Å². The van der Waals surface area contributed by atoms with E-state index in [9.17, 15) is 24.0 Å². The zero-order valence-corrected chi connectivity index (χ0v) is 28.1. The van der Waals surface area contributed by atoms with Crippen LogP contribution in [-0.4, -0.2) is 71.3 Å². The van der Waals surface area contributed by atoms with Crippen LogP contribution in [0.4, 0.5) is 0 Å². The summed E-state index contributed by atoms with van der Waals surface area (Å²) in [6.45, 7) is -1.75. The Hall–Kier alpha value is -2.78. The summed E-state index contributed by atoms with van der Waals surface area (Å²) >= 11 is 0. The molecule has 222 valence electrons. The number of rotatable bonds is 14. The van der Waals surface area contributed by atoms with Crippen LogP contribution >= 0.6 is 0 Å². The van der Waals surface area contributed by atoms with Gasteiger partial charge >= 0.3 is 71.1 Å². The molecule has 0 radical (unpaired) electrons. The maximum absolute atomic E-state index is 12.8. The molecule has 2 aromatic rings. The molecule has 0 saturated heterocycles. The fourth-order valence-electron chi connectivity index (χ4n) is 4.57. The molecule has 2 aromatic carbocycles. The van der Waals surface area contributed by atoms with Crippen LogP contribution in [0.2, 0.25) is 0 Å². The monoisotopic (exact) mass is 616 g/mol. The molecule has 0 heterocycles. The third-order valence-electron chi connectivity index (χ3n) is 6.82. The molecule has 1 aliphatic carbocycles. The SMILES string of the molecule is N=C(N)c1ccc(C(=O)C(N)C2CCC(C(=O)NCC(=O)c3ccc(OCC(=O)O)c(OCC(=O)O)c3)CC2)cc1.[H-].[H-].[Na+].[Na+]. The minimum absolute atomic E-state index is 0. The molecule has 15 heteroatoms. The van der Waals surface area contributed by atoms with Crippen LogP contribution < -0.4 is 85.4 Å². The number of ether oxygens (including phenoxy) is 2. The van der Waals surface area contributed by atoms with Gasteiger partial charge in [0.1, 0.15) is 5.84 Å². The van der Waals surface area contributed by atoms with Gasteiger partial charge in [-0.2, -0.15) is 0 Å². The second kappa shape index (κ2) is 18.1. The largest absolute Gasteiger partial charge is 1.00 e. The maximum Gasteiger partial charge on any atom is 1.00 e. The topological polar surface area (TPSA) is 232 Å². The first kappa shape index (κ1) is 38.2. The van der Waals surface area contributed by atoms with Gasteiger partial charge in [-0.25, -0.2) is 9.59 Å². The summed E-state index contributed by atoms with van der Waals surface area (Å²) in [4.78, 5) is 60.0. The van der Waals surface area contributed by atoms with E-state index in [0.717, 1.165) is 0 Å². The van der Waals surface area contributed by atoms with E-state index < -0.39 is 37.0 Å². The number of carbonyl (C=O) groups is 5. The quantitative estimate of drug-likeness (QED) is 0.0512. The summed E-state index contributed by atoms with van der Waals surface area (Å²) in [7, 11) is 0. The zero-order chi connectivity index (χ0) is 30.1. The molecule has 1 saturated carbocycles. The summed E-state index contributed by atoms with van der Waals surface area (Å²) in [6, 6.07) is 9.51. The fourth-order valence-corrected chi connectivity index (χ4v) is 4.57. The Morgan fingerprint density at radius 2 is 1.37 bits per heavy atom. The van der Waals surface area contributed by atoms with Crippen LogP contribution in [0.25, 0.3) is 0 Å². The molecule has 13 nitrogen and oxygen atoms in total. The summed E-state index contributed by atoms with van der Waals surface area (Å²) < 4.78 is 10.2. The van der Waals surface area contributed by atoms with Crippen molar-refractivity contribution in [2.75, 3.05) is 19.8 Å². The zero-order valence-electron chi connectivity index (χ0n) is 26.1. The van der Waals surface area contributed by atoms with E-state index in [-0.39, 0.29) is 115 Å². The molecule has 3 rings (SSSR count). The normalized spacial score (nSPS) is 16.3. The molecule has 1 unspecified atom stereocenters. The van der Waals surface area contributed by atoms with Crippen molar-refractivity contribution in [2.24, 2.45) is 23.3 Å². The van der Waals surface area contributed by atoms with Crippen LogP contribution in [0.3, 0.4) is 0 Å². The van der Waals surface area contributed by atoms with E-state index in [1.54, 1.807) is 24.3 Å².